The van der Waals surface area contributed by atoms with Crippen LogP contribution in [0, 0.1) is 5.92 Å². The van der Waals surface area contributed by atoms with Crippen LogP contribution in [-0.4, -0.2) is 10.4 Å². The first-order valence-corrected chi connectivity index (χ1v) is 3.70. The molecule has 0 bridgehead atoms. The lowest BCUT2D eigenvalue weighted by atomic mass is 10.1. The van der Waals surface area contributed by atoms with Crippen LogP contribution in [0.5, 0.6) is 0 Å². The first-order valence-electron chi connectivity index (χ1n) is 2.76. The highest BCUT2D eigenvalue weighted by Crippen LogP contribution is 2.32. The molecule has 8 heavy (non-hydrogen) atoms. The summed E-state index contributed by atoms with van der Waals surface area (Å²) in [5.74, 6) is 0.905. The largest absolute Gasteiger partial charge is 0.511 e. The first kappa shape index (κ1) is 6.02. The number of aliphatic hydroxyl groups is 1. The Morgan fingerprint density at radius 3 is 2.38 bits per heavy atom. The minimum atomic E-state index is 0.361. The molecule has 1 rings (SSSR count). The first-order chi connectivity index (χ1) is 3.72. The summed E-state index contributed by atoms with van der Waals surface area (Å²) in [5, 5.41) is 11.4. The van der Waals surface area contributed by atoms with Crippen molar-refractivity contribution < 1.29 is 5.11 Å². The van der Waals surface area contributed by atoms with E-state index in [1.54, 1.807) is 11.8 Å². The van der Waals surface area contributed by atoms with Gasteiger partial charge in [0.2, 0.25) is 0 Å². The fraction of sp³-hybridized carbons (Fsp3) is 0.667. The highest BCUT2D eigenvalue weighted by atomic mass is 32.2. The van der Waals surface area contributed by atoms with E-state index in [2.05, 4.69) is 6.92 Å². The lowest BCUT2D eigenvalue weighted by molar-refractivity contribution is 0.347. The summed E-state index contributed by atoms with van der Waals surface area (Å²) in [6.07, 6.45) is 0. The van der Waals surface area contributed by atoms with Gasteiger partial charge in [-0.15, -0.1) is 11.8 Å². The molecule has 0 radical (unpaired) electrons. The van der Waals surface area contributed by atoms with E-state index in [4.69, 9.17) is 5.11 Å². The van der Waals surface area contributed by atoms with Gasteiger partial charge in [0, 0.05) is 16.6 Å². The number of hydrogen-bond donors (Lipinski definition) is 1. The van der Waals surface area contributed by atoms with E-state index in [9.17, 15) is 0 Å². The normalized spacial score (nSPS) is 37.5. The quantitative estimate of drug-likeness (QED) is 0.542. The third kappa shape index (κ3) is 0.848. The maximum atomic E-state index is 9.01. The highest BCUT2D eigenvalue weighted by molar-refractivity contribution is 8.03. The van der Waals surface area contributed by atoms with Gasteiger partial charge in [-0.3, -0.25) is 0 Å². The molecule has 1 aliphatic rings. The van der Waals surface area contributed by atoms with Gasteiger partial charge in [-0.05, 0) is 0 Å². The van der Waals surface area contributed by atoms with E-state index in [1.807, 2.05) is 12.3 Å². The van der Waals surface area contributed by atoms with Gasteiger partial charge < -0.3 is 5.11 Å². The van der Waals surface area contributed by atoms with Crippen LogP contribution in [0.3, 0.4) is 0 Å². The molecule has 0 amide bonds. The molecule has 0 aliphatic carbocycles. The third-order valence-electron chi connectivity index (χ3n) is 1.57. The van der Waals surface area contributed by atoms with Gasteiger partial charge in [0.25, 0.3) is 0 Å². The van der Waals surface area contributed by atoms with Crippen molar-refractivity contribution in [3.8, 4) is 0 Å². The van der Waals surface area contributed by atoms with Crippen LogP contribution in [-0.2, 0) is 0 Å². The topological polar surface area (TPSA) is 20.2 Å². The smallest absolute Gasteiger partial charge is 0.102 e. The number of hydrogen-bond acceptors (Lipinski definition) is 2. The zero-order chi connectivity index (χ0) is 6.15. The van der Waals surface area contributed by atoms with Crippen molar-refractivity contribution in [1.82, 2.24) is 0 Å². The molecule has 0 aromatic carbocycles. The molecule has 1 nitrogen and oxygen atoms in total. The third-order valence-corrected chi connectivity index (χ3v) is 2.79. The predicted octanol–water partition coefficient (Wildman–Crippen LogP) is 2.16. The highest BCUT2D eigenvalue weighted by Gasteiger charge is 2.21. The molecule has 0 saturated heterocycles. The predicted molar refractivity (Wildman–Crippen MR) is 36.9 cm³/mol. The van der Waals surface area contributed by atoms with Crippen LogP contribution >= 0.6 is 11.8 Å². The number of rotatable bonds is 0. The maximum absolute atomic E-state index is 9.01. The van der Waals surface area contributed by atoms with Crippen molar-refractivity contribution in [2.45, 2.75) is 19.1 Å². The standard InChI is InChI=1S/C6H10OS/c1-4-5(2)8-3-6(4)7/h3-5,7H,1-2H3. The molecule has 0 aromatic rings. The van der Waals surface area contributed by atoms with Crippen molar-refractivity contribution in [3.05, 3.63) is 11.2 Å². The van der Waals surface area contributed by atoms with Crippen LogP contribution in [0.4, 0.5) is 0 Å². The van der Waals surface area contributed by atoms with Crippen LogP contribution in [0.1, 0.15) is 13.8 Å². The zero-order valence-corrected chi connectivity index (χ0v) is 5.90. The Kier molecular flexibility index (Phi) is 1.52. The summed E-state index contributed by atoms with van der Waals surface area (Å²) >= 11 is 1.70. The number of thioether (sulfide) groups is 1. The van der Waals surface area contributed by atoms with Gasteiger partial charge >= 0.3 is 0 Å². The lowest BCUT2D eigenvalue weighted by Gasteiger charge is -2.06. The van der Waals surface area contributed by atoms with Crippen molar-refractivity contribution in [3.63, 3.8) is 0 Å². The second kappa shape index (κ2) is 2.02. The molecule has 46 valence electrons. The lowest BCUT2D eigenvalue weighted by Crippen LogP contribution is -2.05. The maximum Gasteiger partial charge on any atom is 0.102 e. The summed E-state index contributed by atoms with van der Waals surface area (Å²) in [4.78, 5) is 0. The molecule has 0 fully saturated rings. The Balaban J connectivity index is 2.59. The molecule has 2 atom stereocenters. The summed E-state index contributed by atoms with van der Waals surface area (Å²) < 4.78 is 0. The molecule has 2 unspecified atom stereocenters. The second-order valence-electron chi connectivity index (χ2n) is 2.17. The van der Waals surface area contributed by atoms with Crippen molar-refractivity contribution in [1.29, 1.82) is 0 Å². The van der Waals surface area contributed by atoms with E-state index in [-0.39, 0.29) is 0 Å². The van der Waals surface area contributed by atoms with E-state index < -0.39 is 0 Å². The van der Waals surface area contributed by atoms with E-state index in [0.29, 0.717) is 16.9 Å². The van der Waals surface area contributed by atoms with Gasteiger partial charge in [-0.1, -0.05) is 13.8 Å². The Morgan fingerprint density at radius 2 is 2.25 bits per heavy atom. The molecule has 0 saturated carbocycles. The molecule has 0 spiro atoms. The Hall–Kier alpha value is -0.110. The number of allylic oxidation sites excluding steroid dienone is 1. The van der Waals surface area contributed by atoms with Crippen LogP contribution in [0.25, 0.3) is 0 Å². The monoisotopic (exact) mass is 130 g/mol. The molecule has 1 aliphatic heterocycles. The van der Waals surface area contributed by atoms with E-state index in [1.165, 1.54) is 0 Å². The van der Waals surface area contributed by atoms with Crippen molar-refractivity contribution in [2.75, 3.05) is 0 Å². The Labute approximate surface area is 53.8 Å². The minimum absolute atomic E-state index is 0.361. The average molecular weight is 130 g/mol. The second-order valence-corrected chi connectivity index (χ2v) is 3.42. The molecule has 1 heterocycles. The summed E-state index contributed by atoms with van der Waals surface area (Å²) in [7, 11) is 0. The van der Waals surface area contributed by atoms with Crippen LogP contribution < -0.4 is 0 Å². The van der Waals surface area contributed by atoms with Gasteiger partial charge in [-0.25, -0.2) is 0 Å². The zero-order valence-electron chi connectivity index (χ0n) is 5.09. The molecular weight excluding hydrogens is 120 g/mol. The SMILES string of the molecule is CC1SC=C(O)C1C. The Bertz CT molecular complexity index is 120. The van der Waals surface area contributed by atoms with Crippen LogP contribution in [0.2, 0.25) is 0 Å². The minimum Gasteiger partial charge on any atom is -0.511 e. The van der Waals surface area contributed by atoms with Crippen LogP contribution in [0.15, 0.2) is 11.2 Å². The van der Waals surface area contributed by atoms with E-state index in [0.717, 1.165) is 0 Å². The number of aliphatic hydroxyl groups excluding tert-OH is 1. The summed E-state index contributed by atoms with van der Waals surface area (Å²) in [5.41, 5.74) is 0. The van der Waals surface area contributed by atoms with Gasteiger partial charge in [-0.2, -0.15) is 0 Å². The van der Waals surface area contributed by atoms with E-state index >= 15 is 0 Å². The van der Waals surface area contributed by atoms with Crippen molar-refractivity contribution >= 4 is 11.8 Å². The Morgan fingerprint density at radius 1 is 1.62 bits per heavy atom. The van der Waals surface area contributed by atoms with Crippen molar-refractivity contribution in [2.24, 2.45) is 5.92 Å². The van der Waals surface area contributed by atoms with Gasteiger partial charge in [0.15, 0.2) is 0 Å². The molecular formula is C6H10OS. The average Bonchev–Trinajstić information content (AvgIpc) is 1.98. The van der Waals surface area contributed by atoms with Gasteiger partial charge in [0.1, 0.15) is 5.76 Å². The molecule has 0 aromatic heterocycles. The van der Waals surface area contributed by atoms with Gasteiger partial charge in [0.05, 0.1) is 0 Å². The summed E-state index contributed by atoms with van der Waals surface area (Å²) in [6.45, 7) is 4.16. The summed E-state index contributed by atoms with van der Waals surface area (Å²) in [6, 6.07) is 0. The fourth-order valence-electron chi connectivity index (χ4n) is 0.643. The molecule has 1 N–H and O–H groups in total. The fourth-order valence-corrected chi connectivity index (χ4v) is 1.59. The molecule has 2 heteroatoms.